The van der Waals surface area contributed by atoms with Crippen molar-refractivity contribution in [2.75, 3.05) is 20.2 Å². The normalized spacial score (nSPS) is 8.50. The predicted octanol–water partition coefficient (Wildman–Crippen LogP) is 2.67. The van der Waals surface area contributed by atoms with Crippen LogP contribution in [0.2, 0.25) is 0 Å². The van der Waals surface area contributed by atoms with E-state index in [2.05, 4.69) is 42.7 Å². The van der Waals surface area contributed by atoms with Crippen molar-refractivity contribution >= 4 is 35.1 Å². The van der Waals surface area contributed by atoms with Crippen LogP contribution in [-0.4, -0.2) is 35.4 Å². The van der Waals surface area contributed by atoms with Crippen molar-refractivity contribution in [3.8, 4) is 0 Å². The van der Waals surface area contributed by atoms with E-state index < -0.39 is 5.97 Å². The summed E-state index contributed by atoms with van der Waals surface area (Å²) < 4.78 is 4.87. The van der Waals surface area contributed by atoms with Crippen LogP contribution in [0, 0.1) is 0 Å². The highest BCUT2D eigenvalue weighted by Crippen LogP contribution is 1.99. The van der Waals surface area contributed by atoms with E-state index in [1.165, 1.54) is 7.11 Å². The molecule has 0 radical (unpaired) electrons. The number of thiocarbonyl (C=S) groups is 1. The fourth-order valence-corrected chi connectivity index (χ4v) is 1.31. The van der Waals surface area contributed by atoms with Crippen LogP contribution < -0.4 is 0 Å². The van der Waals surface area contributed by atoms with Crippen LogP contribution in [0.4, 0.5) is 0 Å². The van der Waals surface area contributed by atoms with Gasteiger partial charge in [-0.05, 0) is 12.8 Å². The van der Waals surface area contributed by atoms with Crippen molar-refractivity contribution in [3.05, 3.63) is 12.7 Å². The molecule has 16 heavy (non-hydrogen) atoms. The molecule has 0 unspecified atom stereocenters. The number of methoxy groups -OCH3 is 1. The number of carbonyl (C=O) groups is 1. The van der Waals surface area contributed by atoms with Crippen molar-refractivity contribution in [3.63, 3.8) is 0 Å². The zero-order chi connectivity index (χ0) is 13.0. The van der Waals surface area contributed by atoms with E-state index in [0.29, 0.717) is 0 Å². The Balaban J connectivity index is 0. The molecule has 3 nitrogen and oxygen atoms in total. The van der Waals surface area contributed by atoms with E-state index in [0.717, 1.165) is 36.3 Å². The fraction of sp³-hybridized carbons (Fsp3) is 0.636. The van der Waals surface area contributed by atoms with Gasteiger partial charge in [-0.2, -0.15) is 0 Å². The average Bonchev–Trinajstić information content (AvgIpc) is 2.28. The zero-order valence-corrected chi connectivity index (χ0v) is 11.9. The Morgan fingerprint density at radius 3 is 2.00 bits per heavy atom. The van der Waals surface area contributed by atoms with E-state index in [9.17, 15) is 4.79 Å². The predicted molar refractivity (Wildman–Crippen MR) is 76.0 cm³/mol. The van der Waals surface area contributed by atoms with Crippen LogP contribution in [0.3, 0.4) is 0 Å². The summed E-state index contributed by atoms with van der Waals surface area (Å²) in [5.41, 5.74) is 0. The SMILES string of the molecule is C=CC(=O)OC.CCCN(CCC)C(=S)S. The molecular weight excluding hydrogens is 242 g/mol. The lowest BCUT2D eigenvalue weighted by molar-refractivity contribution is -0.134. The van der Waals surface area contributed by atoms with E-state index in [1.54, 1.807) is 0 Å². The summed E-state index contributed by atoms with van der Waals surface area (Å²) in [4.78, 5) is 12.0. The van der Waals surface area contributed by atoms with Crippen LogP contribution in [0.25, 0.3) is 0 Å². The Bertz CT molecular complexity index is 214. The van der Waals surface area contributed by atoms with Gasteiger partial charge in [0.25, 0.3) is 0 Å². The number of nitrogens with zero attached hydrogens (tertiary/aromatic N) is 1. The van der Waals surface area contributed by atoms with Crippen LogP contribution in [-0.2, 0) is 9.53 Å². The minimum absolute atomic E-state index is 0.394. The second-order valence-corrected chi connectivity index (χ2v) is 4.11. The lowest BCUT2D eigenvalue weighted by atomic mass is 10.4. The second kappa shape index (κ2) is 12.5. The highest BCUT2D eigenvalue weighted by molar-refractivity contribution is 8.10. The van der Waals surface area contributed by atoms with Gasteiger partial charge < -0.3 is 9.64 Å². The maximum Gasteiger partial charge on any atom is 0.329 e. The smallest absolute Gasteiger partial charge is 0.329 e. The molecule has 0 fully saturated rings. The molecule has 0 aromatic rings. The summed E-state index contributed by atoms with van der Waals surface area (Å²) in [6.07, 6.45) is 3.39. The zero-order valence-electron chi connectivity index (χ0n) is 10.2. The number of hydrogen-bond acceptors (Lipinski definition) is 3. The third-order valence-corrected chi connectivity index (χ3v) is 2.17. The summed E-state index contributed by atoms with van der Waals surface area (Å²) in [7, 11) is 1.31. The number of hydrogen-bond donors (Lipinski definition) is 1. The summed E-state index contributed by atoms with van der Waals surface area (Å²) in [6.45, 7) is 9.53. The van der Waals surface area contributed by atoms with Gasteiger partial charge in [-0.1, -0.05) is 32.6 Å². The minimum atomic E-state index is -0.394. The lowest BCUT2D eigenvalue weighted by Gasteiger charge is -2.20. The first-order valence-corrected chi connectivity index (χ1v) is 6.07. The molecule has 0 spiro atoms. The van der Waals surface area contributed by atoms with Crippen LogP contribution in [0.1, 0.15) is 26.7 Å². The Labute approximate surface area is 109 Å². The molecule has 94 valence electrons. The molecule has 0 rings (SSSR count). The van der Waals surface area contributed by atoms with Gasteiger partial charge >= 0.3 is 5.97 Å². The molecule has 0 aliphatic carbocycles. The fourth-order valence-electron chi connectivity index (χ4n) is 0.926. The van der Waals surface area contributed by atoms with Crippen LogP contribution in [0.5, 0.6) is 0 Å². The first-order valence-electron chi connectivity index (χ1n) is 5.21. The molecule has 0 saturated heterocycles. The highest BCUT2D eigenvalue weighted by Gasteiger charge is 2.01. The van der Waals surface area contributed by atoms with E-state index in [1.807, 2.05) is 0 Å². The van der Waals surface area contributed by atoms with Crippen molar-refractivity contribution < 1.29 is 9.53 Å². The molecule has 0 amide bonds. The van der Waals surface area contributed by atoms with Gasteiger partial charge in [-0.15, -0.1) is 12.6 Å². The summed E-state index contributed by atoms with van der Waals surface area (Å²) in [6, 6.07) is 0. The first kappa shape index (κ1) is 17.8. The molecule has 0 aromatic heterocycles. The van der Waals surface area contributed by atoms with Crippen LogP contribution >= 0.6 is 24.8 Å². The van der Waals surface area contributed by atoms with Gasteiger partial charge in [-0.25, -0.2) is 4.79 Å². The molecule has 0 saturated carbocycles. The third kappa shape index (κ3) is 11.5. The Hall–Kier alpha value is -0.550. The molecule has 0 heterocycles. The number of rotatable bonds is 5. The second-order valence-electron chi connectivity index (χ2n) is 3.00. The summed E-state index contributed by atoms with van der Waals surface area (Å²) in [5.74, 6) is -0.394. The maximum absolute atomic E-state index is 9.84. The summed E-state index contributed by atoms with van der Waals surface area (Å²) in [5, 5.41) is 0. The van der Waals surface area contributed by atoms with Gasteiger partial charge in [-0.3, -0.25) is 0 Å². The lowest BCUT2D eigenvalue weighted by Crippen LogP contribution is -2.27. The van der Waals surface area contributed by atoms with Gasteiger partial charge in [0.15, 0.2) is 0 Å². The van der Waals surface area contributed by atoms with Gasteiger partial charge in [0.2, 0.25) is 0 Å². The number of carbonyl (C=O) groups excluding carboxylic acids is 1. The standard InChI is InChI=1S/C7H15NS2.C4H6O2/c1-3-5-8(6-4-2)7(9)10;1-3-4(5)6-2/h3-6H2,1-2H3,(H,9,10);3H,1H2,2H3. The molecule has 0 aliphatic rings. The molecule has 0 aromatic carbocycles. The third-order valence-electron chi connectivity index (χ3n) is 1.63. The Morgan fingerprint density at radius 1 is 1.44 bits per heavy atom. The van der Waals surface area contributed by atoms with Gasteiger partial charge in [0, 0.05) is 19.2 Å². The molecular formula is C11H21NO2S2. The van der Waals surface area contributed by atoms with Gasteiger partial charge in [0.1, 0.15) is 4.32 Å². The largest absolute Gasteiger partial charge is 0.466 e. The average molecular weight is 263 g/mol. The quantitative estimate of drug-likeness (QED) is 0.357. The Morgan fingerprint density at radius 2 is 1.88 bits per heavy atom. The monoisotopic (exact) mass is 263 g/mol. The first-order chi connectivity index (χ1) is 7.53. The van der Waals surface area contributed by atoms with Crippen LogP contribution in [0.15, 0.2) is 12.7 Å². The molecule has 0 bridgehead atoms. The van der Waals surface area contributed by atoms with E-state index >= 15 is 0 Å². The van der Waals surface area contributed by atoms with Crippen molar-refractivity contribution in [2.24, 2.45) is 0 Å². The molecule has 0 atom stereocenters. The number of esters is 1. The van der Waals surface area contributed by atoms with Crippen molar-refractivity contribution in [1.82, 2.24) is 4.90 Å². The summed E-state index contributed by atoms with van der Waals surface area (Å²) >= 11 is 9.06. The van der Waals surface area contributed by atoms with E-state index in [4.69, 9.17) is 12.2 Å². The highest BCUT2D eigenvalue weighted by atomic mass is 32.1. The minimum Gasteiger partial charge on any atom is -0.466 e. The number of thiol groups is 1. The Kier molecular flexibility index (Phi) is 14.0. The van der Waals surface area contributed by atoms with E-state index in [-0.39, 0.29) is 0 Å². The van der Waals surface area contributed by atoms with Gasteiger partial charge in [0.05, 0.1) is 7.11 Å². The number of ether oxygens (including phenoxy) is 1. The maximum atomic E-state index is 9.84. The molecule has 5 heteroatoms. The van der Waals surface area contributed by atoms with Crippen molar-refractivity contribution in [2.45, 2.75) is 26.7 Å². The van der Waals surface area contributed by atoms with Crippen molar-refractivity contribution in [1.29, 1.82) is 0 Å². The molecule has 0 aliphatic heterocycles. The topological polar surface area (TPSA) is 29.5 Å². The molecule has 0 N–H and O–H groups in total.